The van der Waals surface area contributed by atoms with E-state index in [1.165, 1.54) is 61.2 Å². The first-order valence-corrected chi connectivity index (χ1v) is 30.1. The second-order valence-corrected chi connectivity index (χ2v) is 23.7. The molecule has 89 heavy (non-hydrogen) atoms. The molecule has 5 N–H and O–H groups in total. The molecule has 20 nitrogen and oxygen atoms in total. The monoisotopic (exact) mass is 1270 g/mol. The largest absolute Gasteiger partial charge is 0.506 e. The van der Waals surface area contributed by atoms with E-state index in [1.807, 2.05) is 79.5 Å². The number of phenolic OH excluding ortho intramolecular Hbond substituents is 1. The molecule has 2 aromatic heterocycles. The number of hydrogen-bond acceptors (Lipinski definition) is 18. The Balaban J connectivity index is 0.000000321. The number of phenols is 1. The number of nitrogens with one attached hydrogen (secondary N) is 4. The van der Waals surface area contributed by atoms with E-state index in [0.29, 0.717) is 95.4 Å². The molecule has 0 fully saturated rings. The molecule has 0 aliphatic heterocycles. The minimum atomic E-state index is -0.527. The summed E-state index contributed by atoms with van der Waals surface area (Å²) in [4.78, 5) is 68.9. The van der Waals surface area contributed by atoms with Crippen LogP contribution in [-0.2, 0) is 38.1 Å². The van der Waals surface area contributed by atoms with Gasteiger partial charge in [0.15, 0.2) is 0 Å². The average Bonchev–Trinajstić information content (AvgIpc) is 2.75. The van der Waals surface area contributed by atoms with Crippen LogP contribution in [0.3, 0.4) is 0 Å². The first-order chi connectivity index (χ1) is 42.2. The van der Waals surface area contributed by atoms with Crippen molar-refractivity contribution in [3.63, 3.8) is 0 Å². The maximum Gasteiger partial charge on any atom is 0.306 e. The number of likely N-dealkylation sites (N-methyl/N-ethyl adjacent to an activating group) is 2. The Hall–Kier alpha value is -7.60. The van der Waals surface area contributed by atoms with Crippen molar-refractivity contribution in [1.29, 1.82) is 0 Å². The summed E-state index contributed by atoms with van der Waals surface area (Å²) in [6.07, 6.45) is 16.4. The Bertz CT molecular complexity index is 3300. The van der Waals surface area contributed by atoms with Gasteiger partial charge in [-0.15, -0.1) is 0 Å². The Morgan fingerprint density at radius 1 is 0.573 bits per heavy atom. The highest BCUT2D eigenvalue weighted by molar-refractivity contribution is 6.31. The fourth-order valence-electron chi connectivity index (χ4n) is 7.85. The lowest BCUT2D eigenvalue weighted by Gasteiger charge is -2.19. The van der Waals surface area contributed by atoms with Crippen LogP contribution >= 0.6 is 23.2 Å². The van der Waals surface area contributed by atoms with Crippen LogP contribution in [0, 0.1) is 11.6 Å². The van der Waals surface area contributed by atoms with Crippen LogP contribution in [0.5, 0.6) is 11.5 Å². The minimum absolute atomic E-state index is 0.0236. The average molecular weight is 1280 g/mol. The van der Waals surface area contributed by atoms with Crippen molar-refractivity contribution >= 4 is 103 Å². The van der Waals surface area contributed by atoms with E-state index >= 15 is 0 Å². The molecule has 0 unspecified atom stereocenters. The molecule has 0 saturated heterocycles. The normalized spacial score (nSPS) is 11.6. The zero-order valence-corrected chi connectivity index (χ0v) is 54.4. The molecule has 2 amide bonds. The van der Waals surface area contributed by atoms with Crippen LogP contribution in [-0.4, -0.2) is 144 Å². The quantitative estimate of drug-likeness (QED) is 0.0122. The van der Waals surface area contributed by atoms with Gasteiger partial charge in [0.1, 0.15) is 65.2 Å². The Morgan fingerprint density at radius 3 is 1.47 bits per heavy atom. The molecule has 0 aliphatic carbocycles. The molecule has 0 atom stereocenters. The van der Waals surface area contributed by atoms with Crippen LogP contribution in [0.15, 0.2) is 97.6 Å². The molecule has 0 spiro atoms. The minimum Gasteiger partial charge on any atom is -0.506 e. The van der Waals surface area contributed by atoms with E-state index in [9.17, 15) is 33.1 Å². The van der Waals surface area contributed by atoms with Crippen molar-refractivity contribution in [1.82, 2.24) is 29.7 Å². The third kappa shape index (κ3) is 29.5. The van der Waals surface area contributed by atoms with E-state index in [2.05, 4.69) is 48.1 Å². The van der Waals surface area contributed by atoms with Gasteiger partial charge in [0.05, 0.1) is 39.1 Å². The van der Waals surface area contributed by atoms with Crippen molar-refractivity contribution < 1.29 is 56.7 Å². The predicted octanol–water partition coefficient (Wildman–Crippen LogP) is 13.8. The predicted molar refractivity (Wildman–Crippen MR) is 349 cm³/mol. The van der Waals surface area contributed by atoms with Gasteiger partial charge in [-0.2, -0.15) is 0 Å². The Labute approximate surface area is 531 Å². The molecule has 4 aromatic carbocycles. The van der Waals surface area contributed by atoms with Crippen molar-refractivity contribution in [2.24, 2.45) is 0 Å². The maximum atomic E-state index is 13.7. The summed E-state index contributed by atoms with van der Waals surface area (Å²) in [5, 5.41) is 23.0. The molecule has 0 radical (unpaired) electrons. The van der Waals surface area contributed by atoms with Crippen molar-refractivity contribution in [2.45, 2.75) is 117 Å². The molecule has 6 rings (SSSR count). The van der Waals surface area contributed by atoms with Crippen molar-refractivity contribution in [3.05, 3.63) is 119 Å². The SMILES string of the molecule is CCCOCCCCCC(=O)OC(C)(C)C.CN(C)C/C=C/C(=O)Nc1cc2c(Nc3ccc(F)c(Cl)c3)ncnc2cc1O.CN(C)C/C=C/C(=O)Nc1cc2c(Nc3ccc(F)c(Cl)c3)ncnc2cc1OCCOCCCCCC(=O)OC(C)(C)C. The number of aromatic hydroxyl groups is 1. The number of hydrogen-bond donors (Lipinski definition) is 5. The van der Waals surface area contributed by atoms with Gasteiger partial charge in [0.25, 0.3) is 0 Å². The summed E-state index contributed by atoms with van der Waals surface area (Å²) in [5.74, 6) is -0.886. The fraction of sp³-hybridized carbons (Fsp3) is 0.446. The number of unbranched alkanes of at least 4 members (excludes halogenated alkanes) is 4. The molecule has 0 saturated carbocycles. The van der Waals surface area contributed by atoms with Gasteiger partial charge in [0.2, 0.25) is 11.8 Å². The number of amides is 2. The number of carbonyl (C=O) groups excluding carboxylic acids is 4. The number of benzene rings is 4. The number of ether oxygens (including phenoxy) is 5. The molecule has 484 valence electrons. The van der Waals surface area contributed by atoms with Gasteiger partial charge in [-0.1, -0.05) is 55.1 Å². The first kappa shape index (κ1) is 73.9. The summed E-state index contributed by atoms with van der Waals surface area (Å²) in [7, 11) is 7.60. The highest BCUT2D eigenvalue weighted by Gasteiger charge is 2.19. The summed E-state index contributed by atoms with van der Waals surface area (Å²) >= 11 is 11.8. The van der Waals surface area contributed by atoms with Crippen molar-refractivity contribution in [3.8, 4) is 11.5 Å². The molecule has 24 heteroatoms. The number of carbonyl (C=O) groups is 4. The second-order valence-electron chi connectivity index (χ2n) is 22.9. The number of anilines is 6. The van der Waals surface area contributed by atoms with Gasteiger partial charge < -0.3 is 59.9 Å². The lowest BCUT2D eigenvalue weighted by atomic mass is 10.1. The van der Waals surface area contributed by atoms with E-state index in [-0.39, 0.29) is 57.4 Å². The number of fused-ring (bicyclic) bond motifs is 2. The van der Waals surface area contributed by atoms with Crippen LogP contribution in [0.2, 0.25) is 10.0 Å². The highest BCUT2D eigenvalue weighted by atomic mass is 35.5. The molecular formula is C65H86Cl2F2N10O10. The highest BCUT2D eigenvalue weighted by Crippen LogP contribution is 2.35. The second kappa shape index (κ2) is 38.1. The Kier molecular flexibility index (Phi) is 31.6. The van der Waals surface area contributed by atoms with Gasteiger partial charge in [-0.3, -0.25) is 19.2 Å². The lowest BCUT2D eigenvalue weighted by Crippen LogP contribution is -2.23. The van der Waals surface area contributed by atoms with Crippen LogP contribution in [0.4, 0.5) is 43.2 Å². The van der Waals surface area contributed by atoms with E-state index in [4.69, 9.17) is 46.9 Å². The van der Waals surface area contributed by atoms with E-state index in [0.717, 1.165) is 58.2 Å². The smallest absolute Gasteiger partial charge is 0.306 e. The standard InChI is InChI=1S/C32H41ClFN5O5.C20H19ClFN5O2.C13H26O3/c1-32(2,3)44-30(41)11-7-6-8-15-42-16-17-43-28-20-26-23(19-27(28)38-29(40)10-9-14-39(4)5)31(36-21-35-26)37-22-12-13-25(34)24(33)18-22;1-27(2)7-3-4-19(29)26-17-9-13-16(10-18(17)28)23-11-24-20(13)25-12-5-6-15(22)14(21)8-12;1-5-10-15-11-8-6-7-9-12(14)16-13(2,3)4/h9-10,12-13,18-21H,6-8,11,14-17H2,1-5H3,(H,38,40)(H,35,36,37);3-6,8-11,28H,7H2,1-2H3,(H,26,29)(H,23,24,25);5-11H2,1-4H3/b10-9+;4-3+;. The lowest BCUT2D eigenvalue weighted by molar-refractivity contribution is -0.156. The molecule has 0 aliphatic rings. The summed E-state index contributed by atoms with van der Waals surface area (Å²) in [6, 6.07) is 14.9. The van der Waals surface area contributed by atoms with Crippen LogP contribution in [0.1, 0.15) is 106 Å². The topological polar surface area (TPSA) is 241 Å². The number of aromatic nitrogens is 4. The summed E-state index contributed by atoms with van der Waals surface area (Å²) in [5.41, 5.74) is 1.91. The van der Waals surface area contributed by atoms with Crippen LogP contribution < -0.4 is 26.0 Å². The van der Waals surface area contributed by atoms with Gasteiger partial charge in [0, 0.05) is 92.2 Å². The number of halogens is 4. The molecule has 0 bridgehead atoms. The number of esters is 2. The van der Waals surface area contributed by atoms with Gasteiger partial charge >= 0.3 is 11.9 Å². The molecule has 2 heterocycles. The zero-order valence-electron chi connectivity index (χ0n) is 52.9. The molecule has 6 aromatic rings. The van der Waals surface area contributed by atoms with Gasteiger partial charge in [-0.05, 0) is 150 Å². The van der Waals surface area contributed by atoms with Crippen molar-refractivity contribution in [2.75, 3.05) is 95.6 Å². The fourth-order valence-corrected chi connectivity index (χ4v) is 8.21. The third-order valence-corrected chi connectivity index (χ3v) is 12.4. The first-order valence-electron chi connectivity index (χ1n) is 29.4. The van der Waals surface area contributed by atoms with E-state index in [1.54, 1.807) is 36.4 Å². The number of rotatable bonds is 30. The van der Waals surface area contributed by atoms with E-state index < -0.39 is 17.2 Å². The zero-order chi connectivity index (χ0) is 65.5. The number of nitrogens with zero attached hydrogens (tertiary/aromatic N) is 6. The van der Waals surface area contributed by atoms with Gasteiger partial charge in [-0.25, -0.2) is 28.7 Å². The van der Waals surface area contributed by atoms with Crippen LogP contribution in [0.25, 0.3) is 21.8 Å². The summed E-state index contributed by atoms with van der Waals surface area (Å²) < 4.78 is 54.7. The maximum absolute atomic E-state index is 13.7. The summed E-state index contributed by atoms with van der Waals surface area (Å²) in [6.45, 7) is 17.3. The molecular weight excluding hydrogens is 1190 g/mol. The third-order valence-electron chi connectivity index (χ3n) is 11.9. The Morgan fingerprint density at radius 2 is 1.02 bits per heavy atom.